The molecule has 0 aliphatic rings. The van der Waals surface area contributed by atoms with Crippen molar-refractivity contribution in [3.8, 4) is 0 Å². The van der Waals surface area contributed by atoms with E-state index < -0.39 is 0 Å². The maximum Gasteiger partial charge on any atom is 0.0735 e. The lowest BCUT2D eigenvalue weighted by Gasteiger charge is -2.17. The van der Waals surface area contributed by atoms with E-state index in [-0.39, 0.29) is 5.38 Å². The van der Waals surface area contributed by atoms with Gasteiger partial charge in [-0.1, -0.05) is 30.3 Å². The Morgan fingerprint density at radius 3 is 2.33 bits per heavy atom. The Bertz CT molecular complexity index is 223. The summed E-state index contributed by atoms with van der Waals surface area (Å²) in [6, 6.07) is 10.4. The number of benzene rings is 1. The molecular weight excluding hydrogens is 170 g/mol. The van der Waals surface area contributed by atoms with Crippen molar-refractivity contribution in [2.75, 3.05) is 7.05 Å². The molecule has 0 aromatic heterocycles. The monoisotopic (exact) mass is 183 g/mol. The lowest BCUT2D eigenvalue weighted by atomic mass is 10.1. The number of hydrogen-bond donors (Lipinski definition) is 1. The van der Waals surface area contributed by atoms with Gasteiger partial charge in [0.2, 0.25) is 0 Å². The normalized spacial score (nSPS) is 15.6. The minimum absolute atomic E-state index is 0.0520. The molecule has 0 heterocycles. The number of hydrogen-bond acceptors (Lipinski definition) is 1. The van der Waals surface area contributed by atoms with Crippen LogP contribution in [-0.4, -0.2) is 13.1 Å². The Morgan fingerprint density at radius 2 is 1.83 bits per heavy atom. The van der Waals surface area contributed by atoms with Crippen molar-refractivity contribution < 1.29 is 0 Å². The summed E-state index contributed by atoms with van der Waals surface area (Å²) in [6.07, 6.45) is 0. The lowest BCUT2D eigenvalue weighted by Crippen LogP contribution is -2.25. The van der Waals surface area contributed by atoms with E-state index in [1.165, 1.54) is 5.56 Å². The Morgan fingerprint density at radius 1 is 1.25 bits per heavy atom. The van der Waals surface area contributed by atoms with Crippen molar-refractivity contribution in [2.45, 2.75) is 18.3 Å². The molecule has 0 aliphatic carbocycles. The minimum atomic E-state index is 0.0520. The highest BCUT2D eigenvalue weighted by atomic mass is 35.5. The maximum atomic E-state index is 6.19. The number of rotatable bonds is 3. The summed E-state index contributed by atoms with van der Waals surface area (Å²) in [5, 5.41) is 3.18. The topological polar surface area (TPSA) is 12.0 Å². The molecule has 2 atom stereocenters. The molecule has 2 heteroatoms. The van der Waals surface area contributed by atoms with Gasteiger partial charge in [-0.15, -0.1) is 11.6 Å². The second-order valence-corrected chi connectivity index (χ2v) is 3.36. The molecule has 0 spiro atoms. The summed E-state index contributed by atoms with van der Waals surface area (Å²) in [5.41, 5.74) is 1.17. The third-order valence-electron chi connectivity index (χ3n) is 2.01. The van der Waals surface area contributed by atoms with Crippen LogP contribution in [0.25, 0.3) is 0 Å². The van der Waals surface area contributed by atoms with Crippen molar-refractivity contribution in [1.82, 2.24) is 5.32 Å². The van der Waals surface area contributed by atoms with E-state index in [2.05, 4.69) is 12.2 Å². The molecule has 0 aliphatic heterocycles. The molecule has 0 saturated carbocycles. The fourth-order valence-electron chi connectivity index (χ4n) is 1.07. The van der Waals surface area contributed by atoms with Crippen molar-refractivity contribution in [2.24, 2.45) is 0 Å². The Balaban J connectivity index is 2.71. The van der Waals surface area contributed by atoms with Gasteiger partial charge in [-0.25, -0.2) is 0 Å². The van der Waals surface area contributed by atoms with E-state index in [9.17, 15) is 0 Å². The smallest absolute Gasteiger partial charge is 0.0735 e. The molecule has 66 valence electrons. The van der Waals surface area contributed by atoms with Crippen LogP contribution >= 0.6 is 11.6 Å². The van der Waals surface area contributed by atoms with Crippen LogP contribution in [0.2, 0.25) is 0 Å². The second kappa shape index (κ2) is 4.48. The number of halogens is 1. The minimum Gasteiger partial charge on any atom is -0.315 e. The van der Waals surface area contributed by atoms with Crippen LogP contribution in [0.15, 0.2) is 30.3 Å². The zero-order valence-corrected chi connectivity index (χ0v) is 8.18. The van der Waals surface area contributed by atoms with Crippen LogP contribution < -0.4 is 5.32 Å². The summed E-state index contributed by atoms with van der Waals surface area (Å²) in [6.45, 7) is 2.07. The molecule has 2 unspecified atom stereocenters. The molecule has 0 radical (unpaired) electrons. The van der Waals surface area contributed by atoms with Gasteiger partial charge >= 0.3 is 0 Å². The molecule has 1 aromatic carbocycles. The largest absolute Gasteiger partial charge is 0.315 e. The van der Waals surface area contributed by atoms with E-state index in [1.54, 1.807) is 0 Å². The molecular formula is C10H14ClN. The third-order valence-corrected chi connectivity index (χ3v) is 2.64. The van der Waals surface area contributed by atoms with Crippen molar-refractivity contribution in [3.05, 3.63) is 35.9 Å². The second-order valence-electron chi connectivity index (χ2n) is 2.89. The van der Waals surface area contributed by atoms with Crippen molar-refractivity contribution in [3.63, 3.8) is 0 Å². The van der Waals surface area contributed by atoms with Crippen LogP contribution in [0.4, 0.5) is 0 Å². The zero-order valence-electron chi connectivity index (χ0n) is 7.42. The van der Waals surface area contributed by atoms with E-state index in [1.807, 2.05) is 37.4 Å². The third kappa shape index (κ3) is 2.23. The summed E-state index contributed by atoms with van der Waals surface area (Å²) < 4.78 is 0. The van der Waals surface area contributed by atoms with Gasteiger partial charge in [0.05, 0.1) is 5.38 Å². The molecule has 1 aromatic rings. The Kier molecular flexibility index (Phi) is 3.57. The van der Waals surface area contributed by atoms with Gasteiger partial charge < -0.3 is 5.32 Å². The predicted molar refractivity (Wildman–Crippen MR) is 53.6 cm³/mol. The van der Waals surface area contributed by atoms with Gasteiger partial charge in [-0.3, -0.25) is 0 Å². The van der Waals surface area contributed by atoms with E-state index in [0.29, 0.717) is 6.04 Å². The van der Waals surface area contributed by atoms with Gasteiger partial charge in [0.15, 0.2) is 0 Å². The molecule has 1 N–H and O–H groups in total. The molecule has 0 amide bonds. The SMILES string of the molecule is CNC(C)C(Cl)c1ccccc1. The van der Waals surface area contributed by atoms with Gasteiger partial charge in [0, 0.05) is 6.04 Å². The highest BCUT2D eigenvalue weighted by Gasteiger charge is 2.13. The van der Waals surface area contributed by atoms with Gasteiger partial charge in [-0.05, 0) is 19.5 Å². The Labute approximate surface area is 78.7 Å². The van der Waals surface area contributed by atoms with Gasteiger partial charge in [-0.2, -0.15) is 0 Å². The molecule has 1 nitrogen and oxygen atoms in total. The first kappa shape index (κ1) is 9.56. The number of likely N-dealkylation sites (N-methyl/N-ethyl adjacent to an activating group) is 1. The van der Waals surface area contributed by atoms with Crippen LogP contribution in [0, 0.1) is 0 Å². The zero-order chi connectivity index (χ0) is 8.97. The molecule has 0 fully saturated rings. The highest BCUT2D eigenvalue weighted by molar-refractivity contribution is 6.21. The summed E-state index contributed by atoms with van der Waals surface area (Å²) in [5.74, 6) is 0. The van der Waals surface area contributed by atoms with Crippen LogP contribution in [-0.2, 0) is 0 Å². The quantitative estimate of drug-likeness (QED) is 0.711. The molecule has 12 heavy (non-hydrogen) atoms. The summed E-state index contributed by atoms with van der Waals surface area (Å²) in [4.78, 5) is 0. The van der Waals surface area contributed by atoms with Gasteiger partial charge in [0.1, 0.15) is 0 Å². The average molecular weight is 184 g/mol. The first-order chi connectivity index (χ1) is 5.75. The molecule has 0 bridgehead atoms. The standard InChI is InChI=1S/C10H14ClN/c1-8(12-2)10(11)9-6-4-3-5-7-9/h3-8,10,12H,1-2H3. The molecule has 0 saturated heterocycles. The van der Waals surface area contributed by atoms with Crippen LogP contribution in [0.1, 0.15) is 17.9 Å². The maximum absolute atomic E-state index is 6.19. The highest BCUT2D eigenvalue weighted by Crippen LogP contribution is 2.23. The van der Waals surface area contributed by atoms with Gasteiger partial charge in [0.25, 0.3) is 0 Å². The fraction of sp³-hybridized carbons (Fsp3) is 0.400. The van der Waals surface area contributed by atoms with Crippen LogP contribution in [0.3, 0.4) is 0 Å². The van der Waals surface area contributed by atoms with Crippen LogP contribution in [0.5, 0.6) is 0 Å². The number of alkyl halides is 1. The summed E-state index contributed by atoms with van der Waals surface area (Å²) >= 11 is 6.19. The van der Waals surface area contributed by atoms with E-state index in [0.717, 1.165) is 0 Å². The van der Waals surface area contributed by atoms with Crippen molar-refractivity contribution >= 4 is 11.6 Å². The summed E-state index contributed by atoms with van der Waals surface area (Å²) in [7, 11) is 1.92. The van der Waals surface area contributed by atoms with E-state index >= 15 is 0 Å². The predicted octanol–water partition coefficient (Wildman–Crippen LogP) is 2.57. The first-order valence-corrected chi connectivity index (χ1v) is 4.55. The first-order valence-electron chi connectivity index (χ1n) is 4.12. The van der Waals surface area contributed by atoms with Crippen molar-refractivity contribution in [1.29, 1.82) is 0 Å². The Hall–Kier alpha value is -0.530. The lowest BCUT2D eigenvalue weighted by molar-refractivity contribution is 0.592. The fourth-order valence-corrected chi connectivity index (χ4v) is 1.34. The average Bonchev–Trinajstić information content (AvgIpc) is 2.17. The van der Waals surface area contributed by atoms with E-state index in [4.69, 9.17) is 11.6 Å². The number of nitrogens with one attached hydrogen (secondary N) is 1. The molecule has 1 rings (SSSR count).